The van der Waals surface area contributed by atoms with Gasteiger partial charge in [0.15, 0.2) is 0 Å². The second-order valence-electron chi connectivity index (χ2n) is 4.56. The summed E-state index contributed by atoms with van der Waals surface area (Å²) in [5.74, 6) is -0.218. The van der Waals surface area contributed by atoms with Crippen molar-refractivity contribution in [2.75, 3.05) is 14.1 Å². The van der Waals surface area contributed by atoms with Gasteiger partial charge in [-0.15, -0.1) is 0 Å². The lowest BCUT2D eigenvalue weighted by molar-refractivity contribution is -0.384. The van der Waals surface area contributed by atoms with E-state index in [1.54, 1.807) is 33.3 Å². The number of nitrogens with zero attached hydrogens (tertiary/aromatic N) is 4. The first kappa shape index (κ1) is 13.7. The average Bonchev–Trinajstić information content (AvgIpc) is 2.83. The molecule has 1 aromatic heterocycles. The minimum absolute atomic E-state index is 0.0941. The molecule has 0 bridgehead atoms. The molecule has 0 spiro atoms. The van der Waals surface area contributed by atoms with Crippen molar-refractivity contribution in [3.8, 4) is 5.69 Å². The Morgan fingerprint density at radius 2 is 2.05 bits per heavy atom. The molecule has 2 rings (SSSR count). The molecule has 0 aliphatic heterocycles. The fraction of sp³-hybridized carbons (Fsp3) is 0.231. The highest BCUT2D eigenvalue weighted by molar-refractivity contribution is 5.95. The van der Waals surface area contributed by atoms with Gasteiger partial charge in [0.25, 0.3) is 11.6 Å². The van der Waals surface area contributed by atoms with Gasteiger partial charge in [0, 0.05) is 31.9 Å². The Bertz CT molecular complexity index is 676. The lowest BCUT2D eigenvalue weighted by atomic mass is 10.1. The number of carbonyl (C=O) groups excluding carboxylic acids is 1. The Balaban J connectivity index is 2.59. The molecule has 0 N–H and O–H groups in total. The Morgan fingerprint density at radius 1 is 1.35 bits per heavy atom. The van der Waals surface area contributed by atoms with Gasteiger partial charge in [-0.3, -0.25) is 14.9 Å². The van der Waals surface area contributed by atoms with E-state index >= 15 is 0 Å². The van der Waals surface area contributed by atoms with Gasteiger partial charge in [-0.1, -0.05) is 0 Å². The van der Waals surface area contributed by atoms with Gasteiger partial charge in [0.2, 0.25) is 0 Å². The van der Waals surface area contributed by atoms with Crippen molar-refractivity contribution in [2.24, 2.45) is 0 Å². The third kappa shape index (κ3) is 2.51. The second-order valence-corrected chi connectivity index (χ2v) is 4.56. The minimum Gasteiger partial charge on any atom is -0.345 e. The van der Waals surface area contributed by atoms with E-state index in [0.717, 1.165) is 5.69 Å². The topological polar surface area (TPSA) is 81.3 Å². The van der Waals surface area contributed by atoms with Gasteiger partial charge in [-0.05, 0) is 25.1 Å². The highest BCUT2D eigenvalue weighted by Gasteiger charge is 2.19. The van der Waals surface area contributed by atoms with E-state index in [0.29, 0.717) is 5.56 Å². The van der Waals surface area contributed by atoms with Crippen LogP contribution in [0.4, 0.5) is 5.69 Å². The van der Waals surface area contributed by atoms with Crippen LogP contribution in [0.3, 0.4) is 0 Å². The smallest absolute Gasteiger partial charge is 0.294 e. The number of rotatable bonds is 3. The van der Waals surface area contributed by atoms with Crippen LogP contribution in [0.2, 0.25) is 0 Å². The van der Waals surface area contributed by atoms with Crippen LogP contribution in [0.5, 0.6) is 0 Å². The van der Waals surface area contributed by atoms with Crippen LogP contribution in [0, 0.1) is 17.0 Å². The fourth-order valence-corrected chi connectivity index (χ4v) is 1.80. The van der Waals surface area contributed by atoms with Crippen molar-refractivity contribution >= 4 is 11.6 Å². The quantitative estimate of drug-likeness (QED) is 0.631. The zero-order valence-electron chi connectivity index (χ0n) is 11.4. The standard InChI is InChI=1S/C13H14N4O3/c1-9-6-7-16(14-9)12-8-10(13(18)15(2)3)4-5-11(12)17(19)20/h4-8H,1-3H3. The number of hydrogen-bond donors (Lipinski definition) is 0. The summed E-state index contributed by atoms with van der Waals surface area (Å²) >= 11 is 0. The molecule has 0 saturated heterocycles. The first-order chi connectivity index (χ1) is 9.40. The lowest BCUT2D eigenvalue weighted by Gasteiger charge is -2.11. The zero-order chi connectivity index (χ0) is 14.9. The van der Waals surface area contributed by atoms with Gasteiger partial charge < -0.3 is 4.90 Å². The molecular formula is C13H14N4O3. The van der Waals surface area contributed by atoms with Crippen LogP contribution in [0.25, 0.3) is 5.69 Å². The van der Waals surface area contributed by atoms with Gasteiger partial charge in [0.1, 0.15) is 5.69 Å². The molecular weight excluding hydrogens is 260 g/mol. The number of amides is 1. The van der Waals surface area contributed by atoms with Gasteiger partial charge in [-0.2, -0.15) is 5.10 Å². The van der Waals surface area contributed by atoms with Crippen molar-refractivity contribution in [2.45, 2.75) is 6.92 Å². The van der Waals surface area contributed by atoms with Crippen LogP contribution in [0.1, 0.15) is 16.1 Å². The third-order valence-corrected chi connectivity index (χ3v) is 2.79. The maximum Gasteiger partial charge on any atom is 0.294 e. The van der Waals surface area contributed by atoms with E-state index in [-0.39, 0.29) is 17.3 Å². The number of aromatic nitrogens is 2. The predicted octanol–water partition coefficient (Wildman–Crippen LogP) is 1.79. The molecule has 0 saturated carbocycles. The molecule has 7 heteroatoms. The first-order valence-corrected chi connectivity index (χ1v) is 5.93. The molecule has 20 heavy (non-hydrogen) atoms. The number of hydrogen-bond acceptors (Lipinski definition) is 4. The minimum atomic E-state index is -0.490. The van der Waals surface area contributed by atoms with Crippen molar-refractivity contribution in [1.29, 1.82) is 0 Å². The maximum absolute atomic E-state index is 11.9. The van der Waals surface area contributed by atoms with Crippen molar-refractivity contribution in [1.82, 2.24) is 14.7 Å². The Morgan fingerprint density at radius 3 is 2.55 bits per heavy atom. The summed E-state index contributed by atoms with van der Waals surface area (Å²) in [4.78, 5) is 24.0. The number of aryl methyl sites for hydroxylation is 1. The van der Waals surface area contributed by atoms with E-state index in [9.17, 15) is 14.9 Å². The molecule has 0 radical (unpaired) electrons. The molecule has 1 heterocycles. The van der Waals surface area contributed by atoms with Crippen molar-refractivity contribution in [3.05, 3.63) is 51.8 Å². The molecule has 104 valence electrons. The highest BCUT2D eigenvalue weighted by atomic mass is 16.6. The summed E-state index contributed by atoms with van der Waals surface area (Å²) in [6, 6.07) is 5.99. The number of nitro groups is 1. The molecule has 1 amide bonds. The molecule has 0 aliphatic rings. The summed E-state index contributed by atoms with van der Waals surface area (Å²) in [6.07, 6.45) is 1.63. The van der Waals surface area contributed by atoms with E-state index in [4.69, 9.17) is 0 Å². The Hall–Kier alpha value is -2.70. The first-order valence-electron chi connectivity index (χ1n) is 5.93. The van der Waals surface area contributed by atoms with E-state index < -0.39 is 4.92 Å². The molecule has 0 unspecified atom stereocenters. The number of benzene rings is 1. The van der Waals surface area contributed by atoms with E-state index in [1.165, 1.54) is 27.8 Å². The molecule has 7 nitrogen and oxygen atoms in total. The third-order valence-electron chi connectivity index (χ3n) is 2.79. The molecule has 0 fully saturated rings. The molecule has 1 aromatic carbocycles. The van der Waals surface area contributed by atoms with Crippen LogP contribution >= 0.6 is 0 Å². The van der Waals surface area contributed by atoms with Gasteiger partial charge in [-0.25, -0.2) is 4.68 Å². The summed E-state index contributed by atoms with van der Waals surface area (Å²) in [7, 11) is 3.25. The Kier molecular flexibility index (Phi) is 3.51. The molecule has 2 aromatic rings. The van der Waals surface area contributed by atoms with E-state index in [1.807, 2.05) is 0 Å². The summed E-state index contributed by atoms with van der Waals surface area (Å²) in [5.41, 5.74) is 1.30. The van der Waals surface area contributed by atoms with Crippen LogP contribution in [0.15, 0.2) is 30.5 Å². The number of nitro benzene ring substituents is 1. The SMILES string of the molecule is Cc1ccn(-c2cc(C(=O)N(C)C)ccc2[N+](=O)[O-])n1. The molecule has 0 aliphatic carbocycles. The summed E-state index contributed by atoms with van der Waals surface area (Å²) in [6.45, 7) is 1.79. The van der Waals surface area contributed by atoms with Crippen molar-refractivity contribution in [3.63, 3.8) is 0 Å². The maximum atomic E-state index is 11.9. The Labute approximate surface area is 115 Å². The van der Waals surface area contributed by atoms with Crippen LogP contribution in [-0.4, -0.2) is 39.6 Å². The van der Waals surface area contributed by atoms with Crippen LogP contribution in [-0.2, 0) is 0 Å². The lowest BCUT2D eigenvalue weighted by Crippen LogP contribution is -2.22. The van der Waals surface area contributed by atoms with Crippen LogP contribution < -0.4 is 0 Å². The monoisotopic (exact) mass is 274 g/mol. The predicted molar refractivity (Wildman–Crippen MR) is 73.0 cm³/mol. The normalized spacial score (nSPS) is 10.3. The fourth-order valence-electron chi connectivity index (χ4n) is 1.80. The van der Waals surface area contributed by atoms with E-state index in [2.05, 4.69) is 5.10 Å². The van der Waals surface area contributed by atoms with Gasteiger partial charge in [0.05, 0.1) is 10.6 Å². The zero-order valence-corrected chi connectivity index (χ0v) is 11.4. The molecule has 0 atom stereocenters. The average molecular weight is 274 g/mol. The highest BCUT2D eigenvalue weighted by Crippen LogP contribution is 2.24. The van der Waals surface area contributed by atoms with Crippen molar-refractivity contribution < 1.29 is 9.72 Å². The summed E-state index contributed by atoms with van der Waals surface area (Å²) < 4.78 is 1.40. The second kappa shape index (κ2) is 5.12. The van der Waals surface area contributed by atoms with Gasteiger partial charge >= 0.3 is 0 Å². The summed E-state index contributed by atoms with van der Waals surface area (Å²) in [5, 5.41) is 15.2. The largest absolute Gasteiger partial charge is 0.345 e. The number of carbonyl (C=O) groups is 1.